The minimum absolute atomic E-state index is 0.204. The molecule has 3 aromatic heterocycles. The fourth-order valence-corrected chi connectivity index (χ4v) is 4.44. The summed E-state index contributed by atoms with van der Waals surface area (Å²) >= 11 is 0. The van der Waals surface area contributed by atoms with E-state index in [0.717, 1.165) is 11.1 Å². The average Bonchev–Trinajstić information content (AvgIpc) is 3.48. The number of fused-ring (bicyclic) bond motifs is 2. The van der Waals surface area contributed by atoms with E-state index in [-0.39, 0.29) is 18.2 Å². The third-order valence-electron chi connectivity index (χ3n) is 6.11. The summed E-state index contributed by atoms with van der Waals surface area (Å²) in [6.45, 7) is 5.16. The molecule has 1 fully saturated rings. The first-order chi connectivity index (χ1) is 15.9. The number of anilines is 2. The number of imidazole rings is 1. The van der Waals surface area contributed by atoms with Gasteiger partial charge in [-0.15, -0.1) is 0 Å². The van der Waals surface area contributed by atoms with Gasteiger partial charge in [0.05, 0.1) is 29.5 Å². The fourth-order valence-electron chi connectivity index (χ4n) is 4.44. The largest absolute Gasteiger partial charge is 0.366 e. The second kappa shape index (κ2) is 8.11. The lowest BCUT2D eigenvalue weighted by molar-refractivity contribution is 0.102. The van der Waals surface area contributed by atoms with Gasteiger partial charge >= 0.3 is 0 Å². The number of alkyl halides is 1. The van der Waals surface area contributed by atoms with Crippen molar-refractivity contribution < 1.29 is 13.6 Å². The summed E-state index contributed by atoms with van der Waals surface area (Å²) in [5.41, 5.74) is 2.92. The summed E-state index contributed by atoms with van der Waals surface area (Å²) in [5, 5.41) is 11.1. The lowest BCUT2D eigenvalue weighted by Crippen LogP contribution is -2.34. The zero-order valence-electron chi connectivity index (χ0n) is 18.6. The van der Waals surface area contributed by atoms with Crippen LogP contribution in [0.25, 0.3) is 16.6 Å². The number of aryl methyl sites for hydroxylation is 2. The molecule has 1 aliphatic heterocycles. The molecule has 172 valence electrons. The topological polar surface area (TPSA) is 79.5 Å². The van der Waals surface area contributed by atoms with Crippen LogP contribution in [0.15, 0.2) is 36.8 Å². The summed E-state index contributed by atoms with van der Waals surface area (Å²) in [6, 6.07) is 4.52. The highest BCUT2D eigenvalue weighted by molar-refractivity contribution is 6.13. The Balaban J connectivity index is 1.51. The molecule has 2 N–H and O–H groups in total. The number of hydrogen-bond donors (Lipinski definition) is 2. The molecular weight excluding hydrogens is 428 g/mol. The van der Waals surface area contributed by atoms with Crippen LogP contribution >= 0.6 is 0 Å². The van der Waals surface area contributed by atoms with Crippen LogP contribution in [0.5, 0.6) is 0 Å². The molecule has 0 spiro atoms. The monoisotopic (exact) mass is 453 g/mol. The molecule has 0 unspecified atom stereocenters. The Hall–Kier alpha value is -3.53. The lowest BCUT2D eigenvalue weighted by Gasteiger charge is -2.19. The zero-order chi connectivity index (χ0) is 23.3. The summed E-state index contributed by atoms with van der Waals surface area (Å²) in [5.74, 6) is -0.924. The number of carbonyl (C=O) groups excluding carboxylic acids is 1. The predicted molar refractivity (Wildman–Crippen MR) is 123 cm³/mol. The van der Waals surface area contributed by atoms with E-state index >= 15 is 0 Å². The molecule has 2 atom stereocenters. The van der Waals surface area contributed by atoms with Crippen LogP contribution in [0.2, 0.25) is 0 Å². The Morgan fingerprint density at radius 2 is 2.06 bits per heavy atom. The normalized spacial score (nSPS) is 18.5. The number of hydrogen-bond acceptors (Lipinski definition) is 5. The first-order valence-corrected chi connectivity index (χ1v) is 10.9. The molecule has 1 amide bonds. The van der Waals surface area contributed by atoms with Crippen molar-refractivity contribution in [1.29, 1.82) is 0 Å². The van der Waals surface area contributed by atoms with Gasteiger partial charge in [-0.25, -0.2) is 13.8 Å². The van der Waals surface area contributed by atoms with E-state index in [0.29, 0.717) is 35.6 Å². The van der Waals surface area contributed by atoms with Crippen LogP contribution in [-0.2, 0) is 6.54 Å². The highest BCUT2D eigenvalue weighted by Crippen LogP contribution is 2.32. The second-order valence-electron chi connectivity index (χ2n) is 8.34. The summed E-state index contributed by atoms with van der Waals surface area (Å²) < 4.78 is 32.1. The van der Waals surface area contributed by atoms with Crippen LogP contribution in [0.1, 0.15) is 23.0 Å². The van der Waals surface area contributed by atoms with Crippen molar-refractivity contribution in [3.8, 4) is 0 Å². The molecule has 1 saturated heterocycles. The first-order valence-electron chi connectivity index (χ1n) is 10.9. The van der Waals surface area contributed by atoms with Crippen LogP contribution in [0.4, 0.5) is 20.2 Å². The van der Waals surface area contributed by atoms with E-state index in [2.05, 4.69) is 20.7 Å². The Bertz CT molecular complexity index is 1360. The van der Waals surface area contributed by atoms with Crippen molar-refractivity contribution in [2.24, 2.45) is 0 Å². The molecule has 4 heterocycles. The Morgan fingerprint density at radius 3 is 2.79 bits per heavy atom. The SMILES string of the molecule is CCn1cc2c(N3C[C@H](F)[C@H](NC)C3)ccc(C(=O)Nc3cc(F)c4nc(C)cn4c3)c2n1. The van der Waals surface area contributed by atoms with Crippen LogP contribution < -0.4 is 15.5 Å². The van der Waals surface area contributed by atoms with Crippen molar-refractivity contribution in [3.05, 3.63) is 53.9 Å². The van der Waals surface area contributed by atoms with E-state index in [1.165, 1.54) is 6.07 Å². The maximum Gasteiger partial charge on any atom is 0.257 e. The molecule has 0 bridgehead atoms. The lowest BCUT2D eigenvalue weighted by atomic mass is 10.1. The molecule has 33 heavy (non-hydrogen) atoms. The van der Waals surface area contributed by atoms with Gasteiger partial charge in [0.25, 0.3) is 5.91 Å². The molecule has 0 radical (unpaired) electrons. The Labute approximate surface area is 189 Å². The Kier molecular flexibility index (Phi) is 5.24. The molecule has 1 aliphatic rings. The molecule has 8 nitrogen and oxygen atoms in total. The van der Waals surface area contributed by atoms with Crippen LogP contribution in [-0.4, -0.2) is 57.4 Å². The van der Waals surface area contributed by atoms with Crippen molar-refractivity contribution in [2.45, 2.75) is 32.6 Å². The zero-order valence-corrected chi connectivity index (χ0v) is 18.6. The van der Waals surface area contributed by atoms with Gasteiger partial charge in [0.1, 0.15) is 11.7 Å². The van der Waals surface area contributed by atoms with Crippen molar-refractivity contribution >= 4 is 33.8 Å². The molecular formula is C23H25F2N7O. The minimum atomic E-state index is -0.981. The quantitative estimate of drug-likeness (QED) is 0.485. The molecule has 10 heteroatoms. The third-order valence-corrected chi connectivity index (χ3v) is 6.11. The molecule has 0 saturated carbocycles. The van der Waals surface area contributed by atoms with E-state index in [4.69, 9.17) is 0 Å². The number of pyridine rings is 1. The number of amides is 1. The number of rotatable bonds is 5. The van der Waals surface area contributed by atoms with Gasteiger partial charge in [0.2, 0.25) is 0 Å². The van der Waals surface area contributed by atoms with Crippen molar-refractivity contribution in [2.75, 3.05) is 30.4 Å². The van der Waals surface area contributed by atoms with Crippen LogP contribution in [0, 0.1) is 12.7 Å². The first kappa shape index (κ1) is 21.3. The molecule has 5 rings (SSSR count). The van der Waals surface area contributed by atoms with E-state index < -0.39 is 17.9 Å². The minimum Gasteiger partial charge on any atom is -0.366 e. The van der Waals surface area contributed by atoms with E-state index in [9.17, 15) is 13.6 Å². The second-order valence-corrected chi connectivity index (χ2v) is 8.34. The molecule has 0 aliphatic carbocycles. The van der Waals surface area contributed by atoms with Gasteiger partial charge in [-0.1, -0.05) is 0 Å². The van der Waals surface area contributed by atoms with E-state index in [1.54, 1.807) is 41.5 Å². The number of benzene rings is 1. The number of likely N-dealkylation sites (N-methyl/N-ethyl adjacent to an activating group) is 1. The predicted octanol–water partition coefficient (Wildman–Crippen LogP) is 3.15. The fraction of sp³-hybridized carbons (Fsp3) is 0.348. The number of nitrogens with one attached hydrogen (secondary N) is 2. The number of carbonyl (C=O) groups is 1. The smallest absolute Gasteiger partial charge is 0.257 e. The highest BCUT2D eigenvalue weighted by atomic mass is 19.1. The summed E-state index contributed by atoms with van der Waals surface area (Å²) in [4.78, 5) is 19.3. The van der Waals surface area contributed by atoms with Gasteiger partial charge < -0.3 is 19.9 Å². The van der Waals surface area contributed by atoms with Gasteiger partial charge in [0.15, 0.2) is 11.5 Å². The van der Waals surface area contributed by atoms with Gasteiger partial charge in [-0.3, -0.25) is 9.48 Å². The highest BCUT2D eigenvalue weighted by Gasteiger charge is 2.33. The third kappa shape index (κ3) is 3.70. The maximum atomic E-state index is 14.4. The Morgan fingerprint density at radius 1 is 1.24 bits per heavy atom. The van der Waals surface area contributed by atoms with Gasteiger partial charge in [0, 0.05) is 48.8 Å². The van der Waals surface area contributed by atoms with Crippen molar-refractivity contribution in [3.63, 3.8) is 0 Å². The van der Waals surface area contributed by atoms with Crippen molar-refractivity contribution in [1.82, 2.24) is 24.5 Å². The average molecular weight is 453 g/mol. The van der Waals surface area contributed by atoms with Gasteiger partial charge in [-0.2, -0.15) is 5.10 Å². The summed E-state index contributed by atoms with van der Waals surface area (Å²) in [6.07, 6.45) is 4.21. The van der Waals surface area contributed by atoms with Gasteiger partial charge in [-0.05, 0) is 33.0 Å². The van der Waals surface area contributed by atoms with Crippen LogP contribution in [0.3, 0.4) is 0 Å². The number of halogens is 2. The number of aromatic nitrogens is 4. The molecule has 1 aromatic carbocycles. The molecule has 4 aromatic rings. The maximum absolute atomic E-state index is 14.4. The standard InChI is InChI=1S/C23H25F2N7O/c1-4-32-10-16-20(30-11-18(25)19(12-30)26-3)6-5-15(21(16)29-32)23(33)28-14-7-17(24)22-27-13(2)8-31(22)9-14/h5-10,18-19,26H,4,11-12H2,1-3H3,(H,28,33)/t18-,19+/m0/s1. The number of nitrogens with zero attached hydrogens (tertiary/aromatic N) is 5. The summed E-state index contributed by atoms with van der Waals surface area (Å²) in [7, 11) is 1.75. The van der Waals surface area contributed by atoms with E-state index in [1.807, 2.05) is 24.1 Å².